The summed E-state index contributed by atoms with van der Waals surface area (Å²) in [7, 11) is 0. The lowest BCUT2D eigenvalue weighted by Gasteiger charge is -2.35. The Kier molecular flexibility index (Phi) is 5.01. The Labute approximate surface area is 124 Å². The molecular weight excluding hydrogens is 270 g/mol. The molecule has 1 fully saturated rings. The number of carbonyl (C=O) groups excluding carboxylic acids is 2. The van der Waals surface area contributed by atoms with E-state index in [2.05, 4.69) is 5.32 Å². The van der Waals surface area contributed by atoms with Crippen molar-refractivity contribution in [3.63, 3.8) is 0 Å². The summed E-state index contributed by atoms with van der Waals surface area (Å²) in [6.07, 6.45) is 4.64. The maximum atomic E-state index is 12.3. The fraction of sp³-hybridized carbons (Fsp3) is 0.600. The summed E-state index contributed by atoms with van der Waals surface area (Å²) in [5.74, 6) is 0.134. The number of furan rings is 1. The molecular formula is C15H23N3O3. The van der Waals surface area contributed by atoms with E-state index in [1.54, 1.807) is 17.9 Å². The lowest BCUT2D eigenvalue weighted by molar-refractivity contribution is -0.134. The van der Waals surface area contributed by atoms with Crippen LogP contribution in [0.2, 0.25) is 0 Å². The molecule has 116 valence electrons. The lowest BCUT2D eigenvalue weighted by atomic mass is 9.91. The number of hydrogen-bond acceptors (Lipinski definition) is 4. The fourth-order valence-corrected chi connectivity index (χ4v) is 2.65. The largest absolute Gasteiger partial charge is 0.472 e. The van der Waals surface area contributed by atoms with Crippen molar-refractivity contribution < 1.29 is 14.0 Å². The number of carbonyl (C=O) groups is 2. The van der Waals surface area contributed by atoms with Gasteiger partial charge in [0.25, 0.3) is 5.91 Å². The second kappa shape index (κ2) is 6.76. The highest BCUT2D eigenvalue weighted by Crippen LogP contribution is 2.20. The van der Waals surface area contributed by atoms with Gasteiger partial charge in [0.05, 0.1) is 11.8 Å². The molecule has 2 atom stereocenters. The summed E-state index contributed by atoms with van der Waals surface area (Å²) in [5, 5.41) is 2.70. The van der Waals surface area contributed by atoms with E-state index in [-0.39, 0.29) is 17.9 Å². The lowest BCUT2D eigenvalue weighted by Crippen LogP contribution is -2.50. The third kappa shape index (κ3) is 3.85. The fourth-order valence-electron chi connectivity index (χ4n) is 2.65. The van der Waals surface area contributed by atoms with Crippen molar-refractivity contribution in [2.24, 2.45) is 11.7 Å². The monoisotopic (exact) mass is 293 g/mol. The van der Waals surface area contributed by atoms with E-state index in [4.69, 9.17) is 10.2 Å². The first-order chi connectivity index (χ1) is 9.99. The molecule has 0 spiro atoms. The van der Waals surface area contributed by atoms with E-state index in [0.717, 1.165) is 12.8 Å². The summed E-state index contributed by atoms with van der Waals surface area (Å²) >= 11 is 0. The normalized spacial score (nSPS) is 19.1. The van der Waals surface area contributed by atoms with Gasteiger partial charge in [-0.15, -0.1) is 0 Å². The van der Waals surface area contributed by atoms with Gasteiger partial charge in [-0.2, -0.15) is 0 Å². The van der Waals surface area contributed by atoms with Crippen LogP contribution in [0.3, 0.4) is 0 Å². The molecule has 0 aliphatic carbocycles. The van der Waals surface area contributed by atoms with Crippen molar-refractivity contribution in [3.05, 3.63) is 24.2 Å². The second-order valence-electron chi connectivity index (χ2n) is 5.73. The van der Waals surface area contributed by atoms with E-state index >= 15 is 0 Å². The van der Waals surface area contributed by atoms with Gasteiger partial charge in [0.15, 0.2) is 0 Å². The van der Waals surface area contributed by atoms with E-state index in [9.17, 15) is 9.59 Å². The number of nitrogens with zero attached hydrogens (tertiary/aromatic N) is 1. The quantitative estimate of drug-likeness (QED) is 0.866. The van der Waals surface area contributed by atoms with Gasteiger partial charge in [-0.05, 0) is 38.7 Å². The maximum Gasteiger partial charge on any atom is 0.255 e. The first kappa shape index (κ1) is 15.6. The Morgan fingerprint density at radius 3 is 2.57 bits per heavy atom. The average Bonchev–Trinajstić information content (AvgIpc) is 3.00. The van der Waals surface area contributed by atoms with Crippen molar-refractivity contribution in [3.8, 4) is 0 Å². The maximum absolute atomic E-state index is 12.3. The summed E-state index contributed by atoms with van der Waals surface area (Å²) in [6.45, 7) is 5.13. The number of amides is 2. The highest BCUT2D eigenvalue weighted by atomic mass is 16.3. The van der Waals surface area contributed by atoms with Crippen LogP contribution < -0.4 is 11.1 Å². The van der Waals surface area contributed by atoms with E-state index in [1.165, 1.54) is 12.5 Å². The van der Waals surface area contributed by atoms with Crippen LogP contribution in [0.1, 0.15) is 37.0 Å². The molecule has 3 N–H and O–H groups in total. The summed E-state index contributed by atoms with van der Waals surface area (Å²) in [5.41, 5.74) is 6.32. The number of nitrogens with two attached hydrogens (primary N) is 1. The molecule has 1 aromatic rings. The first-order valence-electron chi connectivity index (χ1n) is 7.36. The Morgan fingerprint density at radius 2 is 2.05 bits per heavy atom. The highest BCUT2D eigenvalue weighted by Gasteiger charge is 2.28. The minimum atomic E-state index is -0.542. The van der Waals surface area contributed by atoms with Crippen LogP contribution in [-0.4, -0.2) is 41.9 Å². The second-order valence-corrected chi connectivity index (χ2v) is 5.73. The topological polar surface area (TPSA) is 88.6 Å². The molecule has 0 saturated carbocycles. The summed E-state index contributed by atoms with van der Waals surface area (Å²) in [4.78, 5) is 26.0. The van der Waals surface area contributed by atoms with Crippen molar-refractivity contribution in [1.29, 1.82) is 0 Å². The van der Waals surface area contributed by atoms with Crippen LogP contribution in [0.4, 0.5) is 0 Å². The first-order valence-corrected chi connectivity index (χ1v) is 7.36. The molecule has 2 rings (SSSR count). The summed E-state index contributed by atoms with van der Waals surface area (Å²) < 4.78 is 4.86. The molecule has 1 aliphatic heterocycles. The van der Waals surface area contributed by atoms with Crippen LogP contribution in [0.15, 0.2) is 23.0 Å². The highest BCUT2D eigenvalue weighted by molar-refractivity contribution is 5.97. The van der Waals surface area contributed by atoms with Crippen LogP contribution in [0, 0.1) is 5.92 Å². The molecule has 21 heavy (non-hydrogen) atoms. The Balaban J connectivity index is 1.84. The van der Waals surface area contributed by atoms with Crippen molar-refractivity contribution in [1.82, 2.24) is 10.2 Å². The van der Waals surface area contributed by atoms with Gasteiger partial charge in [0.2, 0.25) is 5.91 Å². The Morgan fingerprint density at radius 1 is 1.38 bits per heavy atom. The molecule has 1 aromatic heterocycles. The molecule has 6 nitrogen and oxygen atoms in total. The number of hydrogen-bond donors (Lipinski definition) is 2. The van der Waals surface area contributed by atoms with Crippen LogP contribution in [0.25, 0.3) is 0 Å². The average molecular weight is 293 g/mol. The third-order valence-corrected chi connectivity index (χ3v) is 4.10. The van der Waals surface area contributed by atoms with Gasteiger partial charge < -0.3 is 20.4 Å². The number of nitrogens with one attached hydrogen (secondary N) is 1. The predicted octanol–water partition coefficient (Wildman–Crippen LogP) is 0.984. The van der Waals surface area contributed by atoms with Crippen LogP contribution >= 0.6 is 0 Å². The molecule has 0 bridgehead atoms. The van der Waals surface area contributed by atoms with Gasteiger partial charge in [-0.25, -0.2) is 0 Å². The Bertz CT molecular complexity index is 476. The SMILES string of the molecule is CC(NC(=O)c1ccoc1)C(=O)N1CCC(C(C)N)CC1. The van der Waals surface area contributed by atoms with Gasteiger partial charge in [-0.1, -0.05) is 0 Å². The van der Waals surface area contributed by atoms with Crippen molar-refractivity contribution in [2.75, 3.05) is 13.1 Å². The van der Waals surface area contributed by atoms with Gasteiger partial charge in [-0.3, -0.25) is 9.59 Å². The molecule has 2 heterocycles. The zero-order chi connectivity index (χ0) is 15.4. The van der Waals surface area contributed by atoms with Gasteiger partial charge in [0.1, 0.15) is 12.3 Å². The molecule has 2 unspecified atom stereocenters. The van der Waals surface area contributed by atoms with Crippen molar-refractivity contribution in [2.45, 2.75) is 38.8 Å². The zero-order valence-corrected chi connectivity index (χ0v) is 12.5. The number of piperidine rings is 1. The molecule has 0 aromatic carbocycles. The van der Waals surface area contributed by atoms with E-state index < -0.39 is 6.04 Å². The van der Waals surface area contributed by atoms with E-state index in [1.807, 2.05) is 6.92 Å². The zero-order valence-electron chi connectivity index (χ0n) is 12.5. The van der Waals surface area contributed by atoms with Crippen molar-refractivity contribution >= 4 is 11.8 Å². The molecule has 2 amide bonds. The Hall–Kier alpha value is -1.82. The van der Waals surface area contributed by atoms with Gasteiger partial charge >= 0.3 is 0 Å². The number of likely N-dealkylation sites (tertiary alicyclic amines) is 1. The molecule has 1 saturated heterocycles. The standard InChI is InChI=1S/C15H23N3O3/c1-10(16)12-3-6-18(7-4-12)15(20)11(2)17-14(19)13-5-8-21-9-13/h5,8-12H,3-4,6-7,16H2,1-2H3,(H,17,19). The van der Waals surface area contributed by atoms with Gasteiger partial charge in [0, 0.05) is 19.1 Å². The minimum absolute atomic E-state index is 0.0463. The number of rotatable bonds is 4. The molecule has 1 aliphatic rings. The minimum Gasteiger partial charge on any atom is -0.472 e. The predicted molar refractivity (Wildman–Crippen MR) is 78.6 cm³/mol. The molecule has 0 radical (unpaired) electrons. The smallest absolute Gasteiger partial charge is 0.255 e. The third-order valence-electron chi connectivity index (χ3n) is 4.10. The van der Waals surface area contributed by atoms with Crippen LogP contribution in [0.5, 0.6) is 0 Å². The summed E-state index contributed by atoms with van der Waals surface area (Å²) in [6, 6.07) is 1.19. The van der Waals surface area contributed by atoms with Crippen LogP contribution in [-0.2, 0) is 4.79 Å². The van der Waals surface area contributed by atoms with E-state index in [0.29, 0.717) is 24.6 Å². The molecule has 6 heteroatoms.